The number of rotatable bonds is 6. The van der Waals surface area contributed by atoms with Gasteiger partial charge in [-0.15, -0.1) is 0 Å². The van der Waals surface area contributed by atoms with Gasteiger partial charge in [0.05, 0.1) is 12.8 Å². The van der Waals surface area contributed by atoms with Crippen molar-refractivity contribution in [2.45, 2.75) is 13.5 Å². The molecule has 0 aliphatic carbocycles. The first-order valence-corrected chi connectivity index (χ1v) is 8.85. The van der Waals surface area contributed by atoms with Gasteiger partial charge in [-0.1, -0.05) is 18.2 Å². The van der Waals surface area contributed by atoms with Crippen LogP contribution in [-0.2, 0) is 16.1 Å². The fourth-order valence-electron chi connectivity index (χ4n) is 2.71. The number of carbonyl (C=O) groups is 2. The van der Waals surface area contributed by atoms with Gasteiger partial charge in [0.1, 0.15) is 12.3 Å². The van der Waals surface area contributed by atoms with E-state index in [0.717, 1.165) is 10.2 Å². The molecule has 0 aliphatic rings. The molecule has 3 rings (SSSR count). The van der Waals surface area contributed by atoms with Crippen molar-refractivity contribution in [3.63, 3.8) is 0 Å². The second-order valence-corrected chi connectivity index (χ2v) is 6.26. The molecule has 0 atom stereocenters. The molecule has 8 heteroatoms. The van der Waals surface area contributed by atoms with Crippen LogP contribution < -0.4 is 20.9 Å². The highest BCUT2D eigenvalue weighted by Gasteiger charge is 2.09. The third kappa shape index (κ3) is 5.29. The van der Waals surface area contributed by atoms with Crippen molar-refractivity contribution < 1.29 is 14.3 Å². The first-order valence-electron chi connectivity index (χ1n) is 8.85. The summed E-state index contributed by atoms with van der Waals surface area (Å²) < 4.78 is 6.31. The maximum Gasteiger partial charge on any atom is 0.267 e. The predicted octanol–water partition coefficient (Wildman–Crippen LogP) is 2.52. The summed E-state index contributed by atoms with van der Waals surface area (Å²) in [5.41, 5.74) is 1.98. The molecule has 1 aromatic heterocycles. The molecule has 0 saturated carbocycles. The molecular formula is C21H20N4O4. The number of amides is 2. The summed E-state index contributed by atoms with van der Waals surface area (Å²) in [5, 5.41) is 9.63. The standard InChI is InChI=1S/C21H20N4O4/c1-14(26)22-16-6-4-7-17(12-16)23-20(27)13-25-21(28)10-9-19(24-25)15-5-3-8-18(11-15)29-2/h3-12H,13H2,1-2H3,(H,22,26)(H,23,27). The van der Waals surface area contributed by atoms with Crippen LogP contribution in [-0.4, -0.2) is 28.7 Å². The van der Waals surface area contributed by atoms with Crippen molar-refractivity contribution in [3.05, 3.63) is 71.0 Å². The van der Waals surface area contributed by atoms with Gasteiger partial charge in [0.15, 0.2) is 0 Å². The highest BCUT2D eigenvalue weighted by atomic mass is 16.5. The number of anilines is 2. The molecule has 2 aromatic carbocycles. The minimum Gasteiger partial charge on any atom is -0.497 e. The van der Waals surface area contributed by atoms with E-state index < -0.39 is 11.5 Å². The molecule has 0 fully saturated rings. The molecule has 0 aliphatic heterocycles. The highest BCUT2D eigenvalue weighted by Crippen LogP contribution is 2.21. The number of hydrogen-bond acceptors (Lipinski definition) is 5. The van der Waals surface area contributed by atoms with Gasteiger partial charge in [-0.05, 0) is 36.4 Å². The van der Waals surface area contributed by atoms with Gasteiger partial charge in [-0.2, -0.15) is 5.10 Å². The Labute approximate surface area is 167 Å². The molecule has 1 heterocycles. The number of ether oxygens (including phenoxy) is 1. The van der Waals surface area contributed by atoms with Crippen molar-refractivity contribution in [2.24, 2.45) is 0 Å². The number of aromatic nitrogens is 2. The number of benzene rings is 2. The summed E-state index contributed by atoms with van der Waals surface area (Å²) in [4.78, 5) is 35.7. The number of nitrogens with zero attached hydrogens (tertiary/aromatic N) is 2. The number of methoxy groups -OCH3 is 1. The summed E-state index contributed by atoms with van der Waals surface area (Å²) in [6.07, 6.45) is 0. The van der Waals surface area contributed by atoms with Gasteiger partial charge in [0, 0.05) is 29.9 Å². The smallest absolute Gasteiger partial charge is 0.267 e. The molecule has 29 heavy (non-hydrogen) atoms. The van der Waals surface area contributed by atoms with Crippen LogP contribution in [0.3, 0.4) is 0 Å². The Morgan fingerprint density at radius 2 is 1.72 bits per heavy atom. The first kappa shape index (κ1) is 19.8. The summed E-state index contributed by atoms with van der Waals surface area (Å²) in [6.45, 7) is 1.15. The summed E-state index contributed by atoms with van der Waals surface area (Å²) in [6, 6.07) is 17.0. The molecule has 3 aromatic rings. The molecule has 0 radical (unpaired) electrons. The van der Waals surface area contributed by atoms with E-state index in [-0.39, 0.29) is 12.5 Å². The van der Waals surface area contributed by atoms with Gasteiger partial charge in [-0.3, -0.25) is 14.4 Å². The van der Waals surface area contributed by atoms with Crippen LogP contribution >= 0.6 is 0 Å². The minimum atomic E-state index is -0.414. The Morgan fingerprint density at radius 1 is 1.00 bits per heavy atom. The van der Waals surface area contributed by atoms with Gasteiger partial charge in [0.25, 0.3) is 5.56 Å². The van der Waals surface area contributed by atoms with E-state index in [1.807, 2.05) is 18.2 Å². The lowest BCUT2D eigenvalue weighted by molar-refractivity contribution is -0.117. The SMILES string of the molecule is COc1cccc(-c2ccc(=O)n(CC(=O)Nc3cccc(NC(C)=O)c3)n2)c1. The summed E-state index contributed by atoms with van der Waals surface area (Å²) in [7, 11) is 1.57. The highest BCUT2D eigenvalue weighted by molar-refractivity contribution is 5.93. The average molecular weight is 392 g/mol. The Bertz CT molecular complexity index is 1110. The van der Waals surface area contributed by atoms with E-state index >= 15 is 0 Å². The van der Waals surface area contributed by atoms with E-state index in [4.69, 9.17) is 4.74 Å². The molecule has 0 saturated heterocycles. The van der Waals surface area contributed by atoms with Crippen LogP contribution in [0, 0.1) is 0 Å². The average Bonchev–Trinajstić information content (AvgIpc) is 2.69. The van der Waals surface area contributed by atoms with Gasteiger partial charge < -0.3 is 15.4 Å². The number of nitrogens with one attached hydrogen (secondary N) is 2. The maximum atomic E-state index is 12.4. The Morgan fingerprint density at radius 3 is 2.45 bits per heavy atom. The topological polar surface area (TPSA) is 102 Å². The van der Waals surface area contributed by atoms with Crippen molar-refractivity contribution >= 4 is 23.2 Å². The van der Waals surface area contributed by atoms with E-state index in [9.17, 15) is 14.4 Å². The third-order valence-electron chi connectivity index (χ3n) is 3.99. The van der Waals surface area contributed by atoms with Crippen molar-refractivity contribution in [1.29, 1.82) is 0 Å². The van der Waals surface area contributed by atoms with Crippen LogP contribution in [0.1, 0.15) is 6.92 Å². The van der Waals surface area contributed by atoms with E-state index in [0.29, 0.717) is 22.8 Å². The molecule has 0 bridgehead atoms. The molecule has 2 N–H and O–H groups in total. The Kier molecular flexibility index (Phi) is 6.03. The Balaban J connectivity index is 1.76. The van der Waals surface area contributed by atoms with E-state index in [1.165, 1.54) is 13.0 Å². The van der Waals surface area contributed by atoms with Crippen molar-refractivity contribution in [2.75, 3.05) is 17.7 Å². The second kappa shape index (κ2) is 8.83. The minimum absolute atomic E-state index is 0.210. The number of hydrogen-bond donors (Lipinski definition) is 2. The third-order valence-corrected chi connectivity index (χ3v) is 3.99. The molecule has 148 valence electrons. The van der Waals surface area contributed by atoms with Crippen LogP contribution in [0.15, 0.2) is 65.5 Å². The van der Waals surface area contributed by atoms with Crippen LogP contribution in [0.4, 0.5) is 11.4 Å². The molecule has 0 unspecified atom stereocenters. The molecule has 0 spiro atoms. The van der Waals surface area contributed by atoms with Crippen molar-refractivity contribution in [1.82, 2.24) is 9.78 Å². The number of carbonyl (C=O) groups excluding carboxylic acids is 2. The largest absolute Gasteiger partial charge is 0.497 e. The second-order valence-electron chi connectivity index (χ2n) is 6.26. The summed E-state index contributed by atoms with van der Waals surface area (Å²) in [5.74, 6) is 0.0415. The van der Waals surface area contributed by atoms with Gasteiger partial charge in [-0.25, -0.2) is 4.68 Å². The lowest BCUT2D eigenvalue weighted by Crippen LogP contribution is -2.29. The van der Waals surface area contributed by atoms with E-state index in [2.05, 4.69) is 15.7 Å². The zero-order valence-electron chi connectivity index (χ0n) is 16.0. The fourth-order valence-corrected chi connectivity index (χ4v) is 2.71. The van der Waals surface area contributed by atoms with Crippen LogP contribution in [0.5, 0.6) is 5.75 Å². The molecule has 2 amide bonds. The first-order chi connectivity index (χ1) is 13.9. The lowest BCUT2D eigenvalue weighted by atomic mass is 10.1. The van der Waals surface area contributed by atoms with Crippen LogP contribution in [0.25, 0.3) is 11.3 Å². The normalized spacial score (nSPS) is 10.3. The Hall–Kier alpha value is -3.94. The van der Waals surface area contributed by atoms with Crippen LogP contribution in [0.2, 0.25) is 0 Å². The zero-order chi connectivity index (χ0) is 20.8. The van der Waals surface area contributed by atoms with E-state index in [1.54, 1.807) is 43.5 Å². The molecule has 8 nitrogen and oxygen atoms in total. The van der Waals surface area contributed by atoms with Crippen molar-refractivity contribution in [3.8, 4) is 17.0 Å². The zero-order valence-corrected chi connectivity index (χ0v) is 16.0. The van der Waals surface area contributed by atoms with Gasteiger partial charge in [0.2, 0.25) is 11.8 Å². The molecular weight excluding hydrogens is 372 g/mol. The quantitative estimate of drug-likeness (QED) is 0.671. The monoisotopic (exact) mass is 392 g/mol. The van der Waals surface area contributed by atoms with Gasteiger partial charge >= 0.3 is 0 Å². The summed E-state index contributed by atoms with van der Waals surface area (Å²) >= 11 is 0. The predicted molar refractivity (Wildman–Crippen MR) is 110 cm³/mol. The lowest BCUT2D eigenvalue weighted by Gasteiger charge is -2.10. The maximum absolute atomic E-state index is 12.4. The fraction of sp³-hybridized carbons (Fsp3) is 0.143.